The lowest BCUT2D eigenvalue weighted by Crippen LogP contribution is -2.06. The predicted molar refractivity (Wildman–Crippen MR) is 44.2 cm³/mol. The molecule has 2 atom stereocenters. The quantitative estimate of drug-likeness (QED) is 0.436. The standard InChI is InChI=1S/C10H14O/c1-2-8-3-7-4-9(6-11)10(8)5-7/h6-7,9H,2-5H2,1H3. The molecule has 0 radical (unpaired) electrons. The molecule has 1 nitrogen and oxygen atoms in total. The van der Waals surface area contributed by atoms with Gasteiger partial charge >= 0.3 is 0 Å². The van der Waals surface area contributed by atoms with Crippen molar-refractivity contribution in [1.29, 1.82) is 0 Å². The molecule has 0 N–H and O–H groups in total. The van der Waals surface area contributed by atoms with Crippen LogP contribution in [0.3, 0.4) is 0 Å². The van der Waals surface area contributed by atoms with E-state index in [1.807, 2.05) is 0 Å². The van der Waals surface area contributed by atoms with Gasteiger partial charge in [-0.2, -0.15) is 0 Å². The Bertz CT molecular complexity index is 215. The predicted octanol–water partition coefficient (Wildman–Crippen LogP) is 2.32. The number of hydrogen-bond donors (Lipinski definition) is 0. The van der Waals surface area contributed by atoms with Crippen LogP contribution in [-0.4, -0.2) is 6.29 Å². The smallest absolute Gasteiger partial charge is 0.127 e. The van der Waals surface area contributed by atoms with Crippen LogP contribution >= 0.6 is 0 Å². The maximum absolute atomic E-state index is 10.6. The van der Waals surface area contributed by atoms with E-state index in [-0.39, 0.29) is 0 Å². The van der Waals surface area contributed by atoms with Gasteiger partial charge in [0, 0.05) is 5.92 Å². The summed E-state index contributed by atoms with van der Waals surface area (Å²) in [6, 6.07) is 0. The third-order valence-electron chi connectivity index (χ3n) is 3.12. The maximum Gasteiger partial charge on any atom is 0.127 e. The number of allylic oxidation sites excluding steroid dienone is 2. The van der Waals surface area contributed by atoms with Crippen molar-refractivity contribution in [2.24, 2.45) is 11.8 Å². The van der Waals surface area contributed by atoms with Crippen LogP contribution in [0.25, 0.3) is 0 Å². The molecule has 0 aromatic heterocycles. The largest absolute Gasteiger partial charge is 0.303 e. The third-order valence-corrected chi connectivity index (χ3v) is 3.12. The lowest BCUT2D eigenvalue weighted by atomic mass is 9.90. The van der Waals surface area contributed by atoms with Gasteiger partial charge in [-0.05, 0) is 31.6 Å². The summed E-state index contributed by atoms with van der Waals surface area (Å²) < 4.78 is 0. The summed E-state index contributed by atoms with van der Waals surface area (Å²) >= 11 is 0. The molecular formula is C10H14O. The Kier molecular flexibility index (Phi) is 1.59. The van der Waals surface area contributed by atoms with Gasteiger partial charge in [-0.3, -0.25) is 0 Å². The van der Waals surface area contributed by atoms with Gasteiger partial charge in [0.2, 0.25) is 0 Å². The molecule has 2 aliphatic carbocycles. The normalized spacial score (nSPS) is 35.0. The van der Waals surface area contributed by atoms with E-state index in [0.717, 1.165) is 25.0 Å². The minimum atomic E-state index is 0.309. The maximum atomic E-state index is 10.6. The highest BCUT2D eigenvalue weighted by Gasteiger charge is 2.36. The topological polar surface area (TPSA) is 17.1 Å². The fourth-order valence-electron chi connectivity index (χ4n) is 2.60. The van der Waals surface area contributed by atoms with Crippen molar-refractivity contribution in [3.05, 3.63) is 11.1 Å². The number of carbonyl (C=O) groups is 1. The lowest BCUT2D eigenvalue weighted by molar-refractivity contribution is -0.110. The van der Waals surface area contributed by atoms with Crippen molar-refractivity contribution in [2.75, 3.05) is 0 Å². The summed E-state index contributed by atoms with van der Waals surface area (Å²) in [5.41, 5.74) is 3.07. The van der Waals surface area contributed by atoms with Crippen molar-refractivity contribution in [1.82, 2.24) is 0 Å². The van der Waals surface area contributed by atoms with Crippen LogP contribution in [0.5, 0.6) is 0 Å². The highest BCUT2D eigenvalue weighted by Crippen LogP contribution is 2.47. The van der Waals surface area contributed by atoms with Gasteiger partial charge in [-0.1, -0.05) is 18.1 Å². The first-order valence-electron chi connectivity index (χ1n) is 4.51. The molecule has 0 aromatic rings. The number of hydrogen-bond acceptors (Lipinski definition) is 1. The van der Waals surface area contributed by atoms with E-state index in [1.54, 1.807) is 5.57 Å². The summed E-state index contributed by atoms with van der Waals surface area (Å²) in [4.78, 5) is 10.6. The molecule has 0 aliphatic heterocycles. The molecule has 2 aliphatic rings. The summed E-state index contributed by atoms with van der Waals surface area (Å²) in [5, 5.41) is 0. The van der Waals surface area contributed by atoms with Crippen LogP contribution < -0.4 is 0 Å². The van der Waals surface area contributed by atoms with E-state index in [9.17, 15) is 4.79 Å². The fourth-order valence-corrected chi connectivity index (χ4v) is 2.60. The molecule has 11 heavy (non-hydrogen) atoms. The second-order valence-corrected chi connectivity index (χ2v) is 3.73. The summed E-state index contributed by atoms with van der Waals surface area (Å²) in [6.07, 6.45) is 5.96. The molecule has 60 valence electrons. The summed E-state index contributed by atoms with van der Waals surface area (Å²) in [5.74, 6) is 1.14. The Morgan fingerprint density at radius 1 is 1.55 bits per heavy atom. The molecule has 0 aromatic carbocycles. The number of carbonyl (C=O) groups excluding carboxylic acids is 1. The first kappa shape index (κ1) is 7.08. The van der Waals surface area contributed by atoms with E-state index in [1.165, 1.54) is 18.4 Å². The van der Waals surface area contributed by atoms with Gasteiger partial charge < -0.3 is 4.79 Å². The second-order valence-electron chi connectivity index (χ2n) is 3.73. The van der Waals surface area contributed by atoms with Crippen LogP contribution in [0, 0.1) is 11.8 Å². The summed E-state index contributed by atoms with van der Waals surface area (Å²) in [6.45, 7) is 2.20. The average Bonchev–Trinajstić information content (AvgIpc) is 2.60. The summed E-state index contributed by atoms with van der Waals surface area (Å²) in [7, 11) is 0. The van der Waals surface area contributed by atoms with Crippen molar-refractivity contribution >= 4 is 6.29 Å². The second kappa shape index (κ2) is 2.47. The zero-order valence-electron chi connectivity index (χ0n) is 6.97. The van der Waals surface area contributed by atoms with Gasteiger partial charge in [-0.15, -0.1) is 0 Å². The Labute approximate surface area is 67.5 Å². The first-order chi connectivity index (χ1) is 5.35. The van der Waals surface area contributed by atoms with Gasteiger partial charge in [0.15, 0.2) is 0 Å². The van der Waals surface area contributed by atoms with Crippen LogP contribution in [0.15, 0.2) is 11.1 Å². The van der Waals surface area contributed by atoms with Crippen LogP contribution in [0.2, 0.25) is 0 Å². The van der Waals surface area contributed by atoms with Gasteiger partial charge in [0.1, 0.15) is 6.29 Å². The fraction of sp³-hybridized carbons (Fsp3) is 0.700. The van der Waals surface area contributed by atoms with E-state index in [0.29, 0.717) is 5.92 Å². The van der Waals surface area contributed by atoms with E-state index < -0.39 is 0 Å². The average molecular weight is 150 g/mol. The minimum Gasteiger partial charge on any atom is -0.303 e. The van der Waals surface area contributed by atoms with Gasteiger partial charge in [0.05, 0.1) is 0 Å². The SMILES string of the molecule is CCC1=C2CC(C1)CC2C=O. The number of aldehydes is 1. The van der Waals surface area contributed by atoms with Crippen LogP contribution in [-0.2, 0) is 4.79 Å². The van der Waals surface area contributed by atoms with Crippen molar-refractivity contribution in [3.63, 3.8) is 0 Å². The molecule has 0 amide bonds. The molecule has 1 fully saturated rings. The Balaban J connectivity index is 2.26. The Morgan fingerprint density at radius 3 is 2.91 bits per heavy atom. The first-order valence-corrected chi connectivity index (χ1v) is 4.51. The Morgan fingerprint density at radius 2 is 2.36 bits per heavy atom. The third kappa shape index (κ3) is 0.943. The molecule has 2 bridgehead atoms. The van der Waals surface area contributed by atoms with E-state index >= 15 is 0 Å². The zero-order valence-corrected chi connectivity index (χ0v) is 6.97. The molecule has 2 unspecified atom stereocenters. The minimum absolute atomic E-state index is 0.309. The number of rotatable bonds is 2. The highest BCUT2D eigenvalue weighted by molar-refractivity contribution is 5.62. The highest BCUT2D eigenvalue weighted by atomic mass is 16.1. The monoisotopic (exact) mass is 150 g/mol. The van der Waals surface area contributed by atoms with Crippen molar-refractivity contribution in [2.45, 2.75) is 32.6 Å². The number of fused-ring (bicyclic) bond motifs is 2. The van der Waals surface area contributed by atoms with E-state index in [4.69, 9.17) is 0 Å². The molecular weight excluding hydrogens is 136 g/mol. The van der Waals surface area contributed by atoms with Crippen molar-refractivity contribution in [3.8, 4) is 0 Å². The van der Waals surface area contributed by atoms with Crippen molar-refractivity contribution < 1.29 is 4.79 Å². The molecule has 1 heteroatoms. The molecule has 0 spiro atoms. The lowest BCUT2D eigenvalue weighted by Gasteiger charge is -2.14. The zero-order chi connectivity index (χ0) is 7.84. The Hall–Kier alpha value is -0.590. The molecule has 1 saturated carbocycles. The van der Waals surface area contributed by atoms with Gasteiger partial charge in [0.25, 0.3) is 0 Å². The van der Waals surface area contributed by atoms with E-state index in [2.05, 4.69) is 6.92 Å². The molecule has 0 heterocycles. The van der Waals surface area contributed by atoms with Gasteiger partial charge in [-0.25, -0.2) is 0 Å². The molecule has 2 rings (SSSR count). The molecule has 0 saturated heterocycles. The van der Waals surface area contributed by atoms with Crippen LogP contribution in [0.1, 0.15) is 32.6 Å². The van der Waals surface area contributed by atoms with Crippen LogP contribution in [0.4, 0.5) is 0 Å².